The van der Waals surface area contributed by atoms with Crippen LogP contribution in [0.5, 0.6) is 5.75 Å². The van der Waals surface area contributed by atoms with Gasteiger partial charge in [-0.2, -0.15) is 13.2 Å². The molecule has 9 heteroatoms. The number of alkyl halides is 3. The lowest BCUT2D eigenvalue weighted by atomic mass is 9.94. The van der Waals surface area contributed by atoms with Crippen molar-refractivity contribution in [2.45, 2.75) is 25.6 Å². The molecule has 35 heavy (non-hydrogen) atoms. The zero-order valence-corrected chi connectivity index (χ0v) is 19.9. The largest absolute Gasteiger partial charge is 0.481 e. The van der Waals surface area contributed by atoms with Gasteiger partial charge in [-0.25, -0.2) is 4.98 Å². The fourth-order valence-electron chi connectivity index (χ4n) is 3.94. The lowest BCUT2D eigenvalue weighted by Gasteiger charge is -2.31. The van der Waals surface area contributed by atoms with Gasteiger partial charge in [-0.1, -0.05) is 47.2 Å². The predicted octanol–water partition coefficient (Wildman–Crippen LogP) is 7.49. The van der Waals surface area contributed by atoms with Crippen LogP contribution >= 0.6 is 23.2 Å². The Balaban J connectivity index is 1.57. The van der Waals surface area contributed by atoms with Crippen molar-refractivity contribution >= 4 is 23.2 Å². The van der Waals surface area contributed by atoms with Gasteiger partial charge in [0.2, 0.25) is 0 Å². The molecule has 0 saturated carbocycles. The lowest BCUT2D eigenvalue weighted by Crippen LogP contribution is -2.29. The van der Waals surface area contributed by atoms with Crippen LogP contribution in [0.1, 0.15) is 36.2 Å². The third-order valence-electron chi connectivity index (χ3n) is 5.57. The van der Waals surface area contributed by atoms with Crippen LogP contribution in [0.25, 0.3) is 22.6 Å². The molecule has 2 aromatic carbocycles. The highest BCUT2D eigenvalue weighted by atomic mass is 35.5. The van der Waals surface area contributed by atoms with Crippen LogP contribution in [-0.4, -0.2) is 15.0 Å². The third-order valence-corrected chi connectivity index (χ3v) is 6.15. The predicted molar refractivity (Wildman–Crippen MR) is 128 cm³/mol. The molecule has 4 nitrogen and oxygen atoms in total. The van der Waals surface area contributed by atoms with E-state index in [4.69, 9.17) is 32.9 Å². The van der Waals surface area contributed by atoms with Crippen molar-refractivity contribution < 1.29 is 17.9 Å². The van der Waals surface area contributed by atoms with Crippen molar-refractivity contribution in [3.05, 3.63) is 87.3 Å². The van der Waals surface area contributed by atoms with Crippen molar-refractivity contribution in [1.82, 2.24) is 15.0 Å². The number of halogens is 5. The van der Waals surface area contributed by atoms with E-state index in [1.807, 2.05) is 13.8 Å². The summed E-state index contributed by atoms with van der Waals surface area (Å²) in [7, 11) is 0. The number of pyridine rings is 1. The summed E-state index contributed by atoms with van der Waals surface area (Å²) in [6.45, 7) is 3.76. The number of H-pyrrole nitrogens is 1. The van der Waals surface area contributed by atoms with Gasteiger partial charge in [0.25, 0.3) is 0 Å². The molecule has 176 valence electrons. The number of hydrogen-bond acceptors (Lipinski definition) is 3. The van der Waals surface area contributed by atoms with Gasteiger partial charge in [-0.15, -0.1) is 0 Å². The number of fused-ring (bicyclic) bond motifs is 3. The van der Waals surface area contributed by atoms with Crippen LogP contribution in [0.4, 0.5) is 13.2 Å². The van der Waals surface area contributed by atoms with Crippen LogP contribution in [0.3, 0.4) is 0 Å². The van der Waals surface area contributed by atoms with Crippen molar-refractivity contribution in [1.29, 1.82) is 0 Å². The number of hydrogen-bond donors (Lipinski definition) is 1. The van der Waals surface area contributed by atoms with Gasteiger partial charge >= 0.3 is 6.18 Å². The van der Waals surface area contributed by atoms with E-state index in [-0.39, 0.29) is 5.56 Å². The summed E-state index contributed by atoms with van der Waals surface area (Å²) in [5.74, 6) is 6.45. The number of imidazole rings is 1. The number of rotatable bonds is 1. The average molecular weight is 514 g/mol. The van der Waals surface area contributed by atoms with Crippen molar-refractivity contribution in [3.8, 4) is 40.2 Å². The minimum atomic E-state index is -4.48. The summed E-state index contributed by atoms with van der Waals surface area (Å²) in [5, 5.41) is 0.708. The normalized spacial score (nSPS) is 13.8. The number of benzene rings is 2. The molecule has 0 bridgehead atoms. The minimum absolute atomic E-state index is 0.0932. The van der Waals surface area contributed by atoms with Crippen LogP contribution in [0, 0.1) is 11.8 Å². The quantitative estimate of drug-likeness (QED) is 0.268. The molecular weight excluding hydrogens is 498 g/mol. The maximum Gasteiger partial charge on any atom is 0.417 e. The van der Waals surface area contributed by atoms with Crippen LogP contribution in [-0.2, 0) is 11.8 Å². The first-order chi connectivity index (χ1) is 16.5. The standard InChI is InChI=1S/C26H16Cl2F3N3O/c1-25(2)23-22(33-24(34-23)21-18(27)12-32-13-19(21)28)16-10-8-14(11-20(16)35-25)7-9-15-5-3-4-6-17(15)26(29,30)31/h3-6,8,10-13H,1-2H3,(H,33,34). The second-order valence-electron chi connectivity index (χ2n) is 8.40. The SMILES string of the molecule is CC1(C)Oc2cc(C#Cc3ccccc3C(F)(F)F)ccc2-c2nc(-c3c(Cl)cncc3Cl)[nH]c21. The number of aromatic nitrogens is 3. The number of nitrogens with zero attached hydrogens (tertiary/aromatic N) is 2. The summed E-state index contributed by atoms with van der Waals surface area (Å²) in [6, 6.07) is 10.4. The Labute approximate surface area is 209 Å². The van der Waals surface area contributed by atoms with Gasteiger partial charge in [0.1, 0.15) is 17.2 Å². The fourth-order valence-corrected chi connectivity index (χ4v) is 4.49. The van der Waals surface area contributed by atoms with Crippen molar-refractivity contribution in [2.24, 2.45) is 0 Å². The molecule has 0 fully saturated rings. The number of nitrogens with one attached hydrogen (secondary N) is 1. The maximum atomic E-state index is 13.3. The molecule has 1 aliphatic rings. The molecule has 0 amide bonds. The molecule has 5 rings (SSSR count). The molecule has 0 radical (unpaired) electrons. The molecule has 0 aliphatic carbocycles. The summed E-state index contributed by atoms with van der Waals surface area (Å²) >= 11 is 12.6. The first-order valence-corrected chi connectivity index (χ1v) is 11.2. The van der Waals surface area contributed by atoms with Crippen LogP contribution in [0.2, 0.25) is 10.0 Å². The highest BCUT2D eigenvalue weighted by Crippen LogP contribution is 2.46. The van der Waals surface area contributed by atoms with Crippen LogP contribution in [0.15, 0.2) is 54.9 Å². The lowest BCUT2D eigenvalue weighted by molar-refractivity contribution is -0.137. The molecule has 2 aromatic heterocycles. The molecule has 1 N–H and O–H groups in total. The molecule has 4 aromatic rings. The first kappa shape index (κ1) is 23.3. The van der Waals surface area contributed by atoms with Gasteiger partial charge < -0.3 is 9.72 Å². The van der Waals surface area contributed by atoms with E-state index >= 15 is 0 Å². The fraction of sp³-hybridized carbons (Fsp3) is 0.154. The van der Waals surface area contributed by atoms with Gasteiger partial charge in [-0.05, 0) is 44.2 Å². The maximum absolute atomic E-state index is 13.3. The Kier molecular flexibility index (Phi) is 5.54. The minimum Gasteiger partial charge on any atom is -0.481 e. The van der Waals surface area contributed by atoms with E-state index in [2.05, 4.69) is 21.8 Å². The Hall–Kier alpha value is -3.47. The summed E-state index contributed by atoms with van der Waals surface area (Å²) in [4.78, 5) is 12.0. The molecule has 0 unspecified atom stereocenters. The Bertz CT molecular complexity index is 1510. The molecule has 0 spiro atoms. The smallest absolute Gasteiger partial charge is 0.417 e. The highest BCUT2D eigenvalue weighted by Gasteiger charge is 2.37. The Morgan fingerprint density at radius 2 is 1.71 bits per heavy atom. The highest BCUT2D eigenvalue weighted by molar-refractivity contribution is 6.38. The first-order valence-electron chi connectivity index (χ1n) is 10.5. The second-order valence-corrected chi connectivity index (χ2v) is 9.22. The molecule has 1 aliphatic heterocycles. The van der Waals surface area contributed by atoms with Gasteiger partial charge in [-0.3, -0.25) is 4.98 Å². The zero-order chi connectivity index (χ0) is 25.0. The monoisotopic (exact) mass is 513 g/mol. The molecule has 0 saturated heterocycles. The summed E-state index contributed by atoms with van der Waals surface area (Å²) in [6.07, 6.45) is -1.51. The van der Waals surface area contributed by atoms with E-state index in [0.29, 0.717) is 44.0 Å². The zero-order valence-electron chi connectivity index (χ0n) is 18.4. The Morgan fingerprint density at radius 3 is 2.43 bits per heavy atom. The van der Waals surface area contributed by atoms with E-state index in [9.17, 15) is 13.2 Å². The van der Waals surface area contributed by atoms with Crippen molar-refractivity contribution in [3.63, 3.8) is 0 Å². The topological polar surface area (TPSA) is 50.8 Å². The molecule has 0 atom stereocenters. The summed E-state index contributed by atoms with van der Waals surface area (Å²) in [5.41, 5.74) is 1.50. The van der Waals surface area contributed by atoms with Gasteiger partial charge in [0.15, 0.2) is 0 Å². The molecule has 3 heterocycles. The average Bonchev–Trinajstić information content (AvgIpc) is 3.23. The van der Waals surface area contributed by atoms with Gasteiger partial charge in [0.05, 0.1) is 32.6 Å². The van der Waals surface area contributed by atoms with E-state index < -0.39 is 17.3 Å². The summed E-state index contributed by atoms with van der Waals surface area (Å²) < 4.78 is 46.1. The molecular formula is C26H16Cl2F3N3O. The number of ether oxygens (including phenoxy) is 1. The van der Waals surface area contributed by atoms with E-state index in [0.717, 1.165) is 11.8 Å². The third kappa shape index (κ3) is 4.24. The van der Waals surface area contributed by atoms with E-state index in [1.165, 1.54) is 30.6 Å². The Morgan fingerprint density at radius 1 is 1.00 bits per heavy atom. The van der Waals surface area contributed by atoms with Gasteiger partial charge in [0, 0.05) is 29.1 Å². The van der Waals surface area contributed by atoms with E-state index in [1.54, 1.807) is 18.2 Å². The second kappa shape index (κ2) is 8.33. The number of aromatic amines is 1. The van der Waals surface area contributed by atoms with Crippen molar-refractivity contribution in [2.75, 3.05) is 0 Å². The van der Waals surface area contributed by atoms with Crippen LogP contribution < -0.4 is 4.74 Å².